The Morgan fingerprint density at radius 1 is 1.31 bits per heavy atom. The number of benzene rings is 2. The highest BCUT2D eigenvalue weighted by molar-refractivity contribution is 7.46. The second-order valence-electron chi connectivity index (χ2n) is 7.37. The van der Waals surface area contributed by atoms with Crippen molar-refractivity contribution in [1.82, 2.24) is 4.90 Å². The Kier molecular flexibility index (Phi) is 4.81. The van der Waals surface area contributed by atoms with Gasteiger partial charge in [-0.3, -0.25) is 9.32 Å². The number of phenolic OH excluding ortho intramolecular Hbond substituents is 2. The van der Waals surface area contributed by atoms with E-state index in [9.17, 15) is 29.4 Å². The van der Waals surface area contributed by atoms with Gasteiger partial charge in [0.2, 0.25) is 0 Å². The van der Waals surface area contributed by atoms with Crippen molar-refractivity contribution in [2.45, 2.75) is 18.4 Å². The Hall–Kier alpha value is -2.39. The quantitative estimate of drug-likeness (QED) is 0.409. The molecule has 2 aromatic carbocycles. The van der Waals surface area contributed by atoms with E-state index in [-0.39, 0.29) is 34.9 Å². The SMILES string of the molecule is [2H]c1c(O)c([C@H]2CCN(C([2H])([2H])[2H])C[C@H]2OP(=O)(O)O)c2oc(-c3ccccc3Cl)cc(=O)c2c1O. The van der Waals surface area contributed by atoms with E-state index < -0.39 is 61.7 Å². The lowest BCUT2D eigenvalue weighted by molar-refractivity contribution is 0.0544. The fourth-order valence-electron chi connectivity index (χ4n) is 3.92. The minimum absolute atomic E-state index is 0.0248. The second-order valence-corrected chi connectivity index (χ2v) is 8.97. The lowest BCUT2D eigenvalue weighted by atomic mass is 9.85. The van der Waals surface area contributed by atoms with E-state index in [0.29, 0.717) is 5.56 Å². The summed E-state index contributed by atoms with van der Waals surface area (Å²) < 4.78 is 53.6. The standard InChI is InChI=1S/C21H21ClNO8P/c1-23-7-6-12(18(10-23)31-32(27,28)29)19-14(24)8-15(25)20-16(26)9-17(30-21(19)20)11-4-2-3-5-13(11)22/h2-5,8-9,12,18,24-25H,6-7,10H2,1H3,(H2,27,28,29)/t12-,18+/m0/s1/i1D3,8D. The highest BCUT2D eigenvalue weighted by atomic mass is 35.5. The molecular weight excluding hydrogens is 461 g/mol. The smallest absolute Gasteiger partial charge is 0.469 e. The third-order valence-electron chi connectivity index (χ3n) is 5.26. The maximum absolute atomic E-state index is 13.0. The van der Waals surface area contributed by atoms with Gasteiger partial charge in [0.1, 0.15) is 28.2 Å². The maximum Gasteiger partial charge on any atom is 0.469 e. The van der Waals surface area contributed by atoms with Crippen LogP contribution in [0.4, 0.5) is 0 Å². The van der Waals surface area contributed by atoms with Gasteiger partial charge in [0.05, 0.1) is 12.5 Å². The molecule has 0 bridgehead atoms. The van der Waals surface area contributed by atoms with Gasteiger partial charge in [-0.05, 0) is 32.1 Å². The third kappa shape index (κ3) is 4.41. The van der Waals surface area contributed by atoms with E-state index in [1.807, 2.05) is 0 Å². The van der Waals surface area contributed by atoms with E-state index in [1.165, 1.54) is 0 Å². The van der Waals surface area contributed by atoms with Crippen LogP contribution in [-0.2, 0) is 9.09 Å². The monoisotopic (exact) mass is 485 g/mol. The summed E-state index contributed by atoms with van der Waals surface area (Å²) in [7, 11) is -5.14. The predicted octanol–water partition coefficient (Wildman–Crippen LogP) is 3.42. The van der Waals surface area contributed by atoms with E-state index in [1.54, 1.807) is 24.3 Å². The molecule has 0 radical (unpaired) electrons. The van der Waals surface area contributed by atoms with Gasteiger partial charge < -0.3 is 29.3 Å². The number of nitrogens with zero attached hydrogens (tertiary/aromatic N) is 1. The fourth-order valence-corrected chi connectivity index (χ4v) is 4.72. The zero-order valence-corrected chi connectivity index (χ0v) is 18.0. The van der Waals surface area contributed by atoms with E-state index in [0.717, 1.165) is 11.0 Å². The van der Waals surface area contributed by atoms with Gasteiger partial charge in [-0.25, -0.2) is 4.57 Å². The Bertz CT molecular complexity index is 1440. The van der Waals surface area contributed by atoms with E-state index >= 15 is 0 Å². The van der Waals surface area contributed by atoms with Gasteiger partial charge in [0, 0.05) is 39.8 Å². The topological polar surface area (TPSA) is 141 Å². The average Bonchev–Trinajstić information content (AvgIpc) is 2.76. The van der Waals surface area contributed by atoms with Crippen molar-refractivity contribution < 1.29 is 39.0 Å². The normalized spacial score (nSPS) is 22.2. The van der Waals surface area contributed by atoms with Crippen LogP contribution in [0.5, 0.6) is 11.5 Å². The van der Waals surface area contributed by atoms with Crippen molar-refractivity contribution in [2.24, 2.45) is 0 Å². The predicted molar refractivity (Wildman–Crippen MR) is 118 cm³/mol. The Balaban J connectivity index is 1.98. The summed E-state index contributed by atoms with van der Waals surface area (Å²) in [5.41, 5.74) is -0.999. The minimum Gasteiger partial charge on any atom is -0.507 e. The highest BCUT2D eigenvalue weighted by Gasteiger charge is 2.38. The second kappa shape index (κ2) is 8.51. The number of rotatable bonds is 4. The van der Waals surface area contributed by atoms with Crippen LogP contribution in [0.25, 0.3) is 22.3 Å². The first-order valence-corrected chi connectivity index (χ1v) is 11.4. The van der Waals surface area contributed by atoms with Crippen molar-refractivity contribution in [3.63, 3.8) is 0 Å². The first-order valence-electron chi connectivity index (χ1n) is 11.4. The van der Waals surface area contributed by atoms with Gasteiger partial charge in [0.25, 0.3) is 0 Å². The van der Waals surface area contributed by atoms with Crippen molar-refractivity contribution in [3.8, 4) is 22.8 Å². The fraction of sp³-hybridized carbons (Fsp3) is 0.286. The number of phosphoric acid groups is 1. The summed E-state index contributed by atoms with van der Waals surface area (Å²) in [6.45, 7) is -3.15. The van der Waals surface area contributed by atoms with Crippen LogP contribution in [0.1, 0.15) is 23.4 Å². The number of likely N-dealkylation sites (N-methyl/N-ethyl adjacent to an activating group) is 1. The van der Waals surface area contributed by atoms with Crippen LogP contribution in [-0.4, -0.2) is 51.1 Å². The van der Waals surface area contributed by atoms with Crippen LogP contribution in [0.2, 0.25) is 5.02 Å². The molecule has 1 fully saturated rings. The van der Waals surface area contributed by atoms with E-state index in [2.05, 4.69) is 0 Å². The molecule has 4 N–H and O–H groups in total. The Labute approximate surface area is 193 Å². The number of aromatic hydroxyl groups is 2. The molecule has 2 heterocycles. The lowest BCUT2D eigenvalue weighted by Crippen LogP contribution is -2.41. The van der Waals surface area contributed by atoms with Crippen LogP contribution < -0.4 is 5.43 Å². The van der Waals surface area contributed by atoms with Gasteiger partial charge >= 0.3 is 7.82 Å². The zero-order chi connectivity index (χ0) is 26.6. The third-order valence-corrected chi connectivity index (χ3v) is 6.14. The molecular formula is C21H21ClNO8P. The lowest BCUT2D eigenvalue weighted by Gasteiger charge is -2.36. The van der Waals surface area contributed by atoms with Crippen molar-refractivity contribution in [3.05, 3.63) is 57.2 Å². The van der Waals surface area contributed by atoms with Gasteiger partial charge in [-0.15, -0.1) is 0 Å². The number of likely N-dealkylation sites (tertiary alicyclic amines) is 1. The number of halogens is 1. The molecule has 4 rings (SSSR count). The van der Waals surface area contributed by atoms with Gasteiger partial charge in [0.15, 0.2) is 5.43 Å². The largest absolute Gasteiger partial charge is 0.507 e. The molecule has 0 amide bonds. The summed E-state index contributed by atoms with van der Waals surface area (Å²) in [5.74, 6) is -2.79. The van der Waals surface area contributed by atoms with Crippen LogP contribution >= 0.6 is 19.4 Å². The average molecular weight is 486 g/mol. The minimum atomic E-state index is -5.14. The summed E-state index contributed by atoms with van der Waals surface area (Å²) in [6.07, 6.45) is -1.58. The van der Waals surface area contributed by atoms with E-state index in [4.69, 9.17) is 26.0 Å². The Morgan fingerprint density at radius 2 is 2.06 bits per heavy atom. The molecule has 32 heavy (non-hydrogen) atoms. The molecule has 1 saturated heterocycles. The highest BCUT2D eigenvalue weighted by Crippen LogP contribution is 2.47. The summed E-state index contributed by atoms with van der Waals surface area (Å²) in [4.78, 5) is 33.0. The molecule has 1 aliphatic heterocycles. The number of fused-ring (bicyclic) bond motifs is 1. The molecule has 0 unspecified atom stereocenters. The zero-order valence-electron chi connectivity index (χ0n) is 20.4. The first-order chi connectivity index (χ1) is 16.7. The van der Waals surface area contributed by atoms with Crippen LogP contribution in [0.15, 0.2) is 45.6 Å². The number of hydrogen-bond donors (Lipinski definition) is 4. The summed E-state index contributed by atoms with van der Waals surface area (Å²) >= 11 is 6.24. The first kappa shape index (κ1) is 18.1. The number of phenols is 2. The molecule has 2 atom stereocenters. The number of hydrogen-bond acceptors (Lipinski definition) is 7. The molecule has 0 spiro atoms. The molecule has 11 heteroatoms. The van der Waals surface area contributed by atoms with Crippen LogP contribution in [0, 0.1) is 0 Å². The van der Waals surface area contributed by atoms with Crippen molar-refractivity contribution >= 4 is 30.4 Å². The van der Waals surface area contributed by atoms with Crippen molar-refractivity contribution in [1.29, 1.82) is 0 Å². The number of phosphoric ester groups is 1. The van der Waals surface area contributed by atoms with Crippen LogP contribution in [0.3, 0.4) is 0 Å². The molecule has 0 aliphatic carbocycles. The summed E-state index contributed by atoms with van der Waals surface area (Å²) in [5, 5.41) is 21.2. The molecule has 3 aromatic rings. The van der Waals surface area contributed by atoms with Gasteiger partial charge in [-0.2, -0.15) is 0 Å². The molecule has 9 nitrogen and oxygen atoms in total. The summed E-state index contributed by atoms with van der Waals surface area (Å²) in [6, 6.07) is 6.68. The maximum atomic E-state index is 13.0. The molecule has 0 saturated carbocycles. The van der Waals surface area contributed by atoms with Gasteiger partial charge in [-0.1, -0.05) is 23.7 Å². The van der Waals surface area contributed by atoms with Crippen molar-refractivity contribution in [2.75, 3.05) is 20.1 Å². The molecule has 170 valence electrons. The molecule has 1 aliphatic rings. The molecule has 1 aromatic heterocycles. The Morgan fingerprint density at radius 3 is 2.75 bits per heavy atom. The number of piperidine rings is 1.